The van der Waals surface area contributed by atoms with Crippen molar-refractivity contribution in [1.29, 1.82) is 0 Å². The fourth-order valence-electron chi connectivity index (χ4n) is 3.94. The lowest BCUT2D eigenvalue weighted by Crippen LogP contribution is -2.45. The van der Waals surface area contributed by atoms with Crippen LogP contribution in [0.2, 0.25) is 0 Å². The van der Waals surface area contributed by atoms with Crippen molar-refractivity contribution in [2.45, 2.75) is 31.8 Å². The third kappa shape index (κ3) is 5.20. The van der Waals surface area contributed by atoms with Crippen LogP contribution in [-0.2, 0) is 16.1 Å². The van der Waals surface area contributed by atoms with Gasteiger partial charge in [0.2, 0.25) is 5.91 Å². The van der Waals surface area contributed by atoms with Gasteiger partial charge in [0, 0.05) is 32.7 Å². The molecule has 2 heterocycles. The van der Waals surface area contributed by atoms with Gasteiger partial charge in [0.25, 0.3) is 0 Å². The second-order valence-electron chi connectivity index (χ2n) is 7.33. The van der Waals surface area contributed by atoms with Crippen LogP contribution in [-0.4, -0.2) is 84.1 Å². The molecule has 2 fully saturated rings. The molecule has 1 aromatic rings. The minimum Gasteiger partial charge on any atom is -0.497 e. The summed E-state index contributed by atoms with van der Waals surface area (Å²) in [6.45, 7) is 5.00. The van der Waals surface area contributed by atoms with Crippen molar-refractivity contribution in [3.63, 3.8) is 0 Å². The first-order valence-electron chi connectivity index (χ1n) is 9.67. The highest BCUT2D eigenvalue weighted by molar-refractivity contribution is 5.80. The summed E-state index contributed by atoms with van der Waals surface area (Å²) in [7, 11) is 1.66. The molecule has 2 aliphatic rings. The minimum atomic E-state index is -0.818. The molecule has 1 amide bonds. The van der Waals surface area contributed by atoms with Gasteiger partial charge in [-0.15, -0.1) is 0 Å². The maximum atomic E-state index is 12.7. The number of carboxylic acids is 1. The summed E-state index contributed by atoms with van der Waals surface area (Å²) < 4.78 is 5.20. The van der Waals surface area contributed by atoms with Crippen LogP contribution in [0.25, 0.3) is 0 Å². The van der Waals surface area contributed by atoms with Gasteiger partial charge in [0.05, 0.1) is 13.7 Å². The third-order valence-corrected chi connectivity index (χ3v) is 5.49. The van der Waals surface area contributed by atoms with Crippen molar-refractivity contribution < 1.29 is 19.4 Å². The number of hydrogen-bond acceptors (Lipinski definition) is 5. The van der Waals surface area contributed by atoms with Crippen molar-refractivity contribution in [1.82, 2.24) is 14.7 Å². The standard InChI is InChI=1S/C20H29N3O4/c1-27-17-7-5-16(6-8-17)14-21-9-3-11-22(13-12-21)19(24)15-23-10-2-4-18(23)20(25)26/h5-8,18H,2-4,9-15H2,1H3,(H,25,26). The van der Waals surface area contributed by atoms with Gasteiger partial charge in [-0.2, -0.15) is 0 Å². The van der Waals surface area contributed by atoms with Crippen molar-refractivity contribution in [2.24, 2.45) is 0 Å². The Bertz CT molecular complexity index is 649. The summed E-state index contributed by atoms with van der Waals surface area (Å²) in [5, 5.41) is 9.28. The van der Waals surface area contributed by atoms with Crippen LogP contribution in [0.4, 0.5) is 0 Å². The van der Waals surface area contributed by atoms with E-state index in [9.17, 15) is 14.7 Å². The van der Waals surface area contributed by atoms with Crippen LogP contribution < -0.4 is 4.74 Å². The highest BCUT2D eigenvalue weighted by Gasteiger charge is 2.32. The van der Waals surface area contributed by atoms with E-state index in [1.165, 1.54) is 5.56 Å². The second kappa shape index (κ2) is 9.19. The Hall–Kier alpha value is -2.12. The highest BCUT2D eigenvalue weighted by atomic mass is 16.5. The van der Waals surface area contributed by atoms with Gasteiger partial charge >= 0.3 is 5.97 Å². The molecule has 27 heavy (non-hydrogen) atoms. The van der Waals surface area contributed by atoms with Crippen molar-refractivity contribution >= 4 is 11.9 Å². The molecule has 2 aliphatic heterocycles. The van der Waals surface area contributed by atoms with Crippen LogP contribution in [0, 0.1) is 0 Å². The SMILES string of the molecule is COc1ccc(CN2CCCN(C(=O)CN3CCCC3C(=O)O)CC2)cc1. The Labute approximate surface area is 160 Å². The van der Waals surface area contributed by atoms with Crippen molar-refractivity contribution in [2.75, 3.05) is 46.4 Å². The lowest BCUT2D eigenvalue weighted by Gasteiger charge is -2.26. The number of aliphatic carboxylic acids is 1. The Morgan fingerprint density at radius 1 is 1.07 bits per heavy atom. The van der Waals surface area contributed by atoms with E-state index in [4.69, 9.17) is 4.74 Å². The van der Waals surface area contributed by atoms with E-state index < -0.39 is 12.0 Å². The van der Waals surface area contributed by atoms with E-state index in [0.29, 0.717) is 19.5 Å². The van der Waals surface area contributed by atoms with Crippen LogP contribution in [0.5, 0.6) is 5.75 Å². The number of carbonyl (C=O) groups is 2. The molecule has 2 saturated heterocycles. The molecule has 0 spiro atoms. The molecule has 0 bridgehead atoms. The number of ether oxygens (including phenoxy) is 1. The number of hydrogen-bond donors (Lipinski definition) is 1. The predicted octanol–water partition coefficient (Wildman–Crippen LogP) is 1.28. The van der Waals surface area contributed by atoms with Crippen LogP contribution >= 0.6 is 0 Å². The number of rotatable bonds is 6. The zero-order valence-corrected chi connectivity index (χ0v) is 16.0. The van der Waals surface area contributed by atoms with Gasteiger partial charge < -0.3 is 14.7 Å². The maximum Gasteiger partial charge on any atom is 0.320 e. The lowest BCUT2D eigenvalue weighted by atomic mass is 10.2. The number of amides is 1. The molecule has 0 aromatic heterocycles. The Kier molecular flexibility index (Phi) is 6.68. The van der Waals surface area contributed by atoms with E-state index in [-0.39, 0.29) is 12.5 Å². The topological polar surface area (TPSA) is 73.3 Å². The summed E-state index contributed by atoms with van der Waals surface area (Å²) >= 11 is 0. The zero-order valence-electron chi connectivity index (χ0n) is 16.0. The summed E-state index contributed by atoms with van der Waals surface area (Å²) in [4.78, 5) is 30.0. The molecule has 1 N–H and O–H groups in total. The lowest BCUT2D eigenvalue weighted by molar-refractivity contribution is -0.143. The van der Waals surface area contributed by atoms with Crippen LogP contribution in [0.15, 0.2) is 24.3 Å². The fourth-order valence-corrected chi connectivity index (χ4v) is 3.94. The molecule has 148 valence electrons. The molecule has 3 rings (SSSR count). The van der Waals surface area contributed by atoms with Gasteiger partial charge in [-0.1, -0.05) is 12.1 Å². The molecule has 0 aliphatic carbocycles. The first kappa shape index (κ1) is 19.6. The molecule has 1 atom stereocenters. The van der Waals surface area contributed by atoms with Gasteiger partial charge in [-0.25, -0.2) is 0 Å². The minimum absolute atomic E-state index is 0.0504. The van der Waals surface area contributed by atoms with Gasteiger partial charge in [0.1, 0.15) is 11.8 Å². The number of benzene rings is 1. The zero-order chi connectivity index (χ0) is 19.2. The molecule has 0 saturated carbocycles. The normalized spacial score (nSPS) is 21.8. The monoisotopic (exact) mass is 375 g/mol. The van der Waals surface area contributed by atoms with Crippen LogP contribution in [0.3, 0.4) is 0 Å². The van der Waals surface area contributed by atoms with E-state index >= 15 is 0 Å². The highest BCUT2D eigenvalue weighted by Crippen LogP contribution is 2.18. The van der Waals surface area contributed by atoms with Gasteiger partial charge in [0.15, 0.2) is 0 Å². The van der Waals surface area contributed by atoms with E-state index in [2.05, 4.69) is 17.0 Å². The quantitative estimate of drug-likeness (QED) is 0.808. The average Bonchev–Trinajstić information content (AvgIpc) is 3.00. The maximum absolute atomic E-state index is 12.7. The van der Waals surface area contributed by atoms with Gasteiger partial charge in [-0.05, 0) is 43.5 Å². The molecule has 1 unspecified atom stereocenters. The number of methoxy groups -OCH3 is 1. The smallest absolute Gasteiger partial charge is 0.320 e. The number of carboxylic acid groups (broad SMARTS) is 1. The predicted molar refractivity (Wildman–Crippen MR) is 102 cm³/mol. The first-order chi connectivity index (χ1) is 13.1. The molecule has 7 heteroatoms. The molecular formula is C20H29N3O4. The molecule has 7 nitrogen and oxygen atoms in total. The second-order valence-corrected chi connectivity index (χ2v) is 7.33. The Balaban J connectivity index is 1.50. The third-order valence-electron chi connectivity index (χ3n) is 5.49. The van der Waals surface area contributed by atoms with Crippen molar-refractivity contribution in [3.8, 4) is 5.75 Å². The van der Waals surface area contributed by atoms with Crippen molar-refractivity contribution in [3.05, 3.63) is 29.8 Å². The van der Waals surface area contributed by atoms with E-state index in [1.54, 1.807) is 7.11 Å². The Morgan fingerprint density at radius 2 is 1.85 bits per heavy atom. The largest absolute Gasteiger partial charge is 0.497 e. The van der Waals surface area contributed by atoms with E-state index in [0.717, 1.165) is 44.8 Å². The number of carbonyl (C=O) groups excluding carboxylic acids is 1. The Morgan fingerprint density at radius 3 is 2.56 bits per heavy atom. The number of likely N-dealkylation sites (tertiary alicyclic amines) is 1. The summed E-state index contributed by atoms with van der Waals surface area (Å²) in [6.07, 6.45) is 2.42. The summed E-state index contributed by atoms with van der Waals surface area (Å²) in [5.41, 5.74) is 1.23. The number of nitrogens with zero attached hydrogens (tertiary/aromatic N) is 3. The molecule has 1 aromatic carbocycles. The van der Waals surface area contributed by atoms with E-state index in [1.807, 2.05) is 21.9 Å². The molecule has 0 radical (unpaired) electrons. The summed E-state index contributed by atoms with van der Waals surface area (Å²) in [6, 6.07) is 7.58. The molecular weight excluding hydrogens is 346 g/mol. The average molecular weight is 375 g/mol. The van der Waals surface area contributed by atoms with Crippen LogP contribution in [0.1, 0.15) is 24.8 Å². The first-order valence-corrected chi connectivity index (χ1v) is 9.67. The van der Waals surface area contributed by atoms with Gasteiger partial charge in [-0.3, -0.25) is 19.4 Å². The fraction of sp³-hybridized carbons (Fsp3) is 0.600. The summed E-state index contributed by atoms with van der Waals surface area (Å²) in [5.74, 6) is 0.0873.